The maximum absolute atomic E-state index is 14.5. The van der Waals surface area contributed by atoms with Gasteiger partial charge in [-0.2, -0.15) is 0 Å². The van der Waals surface area contributed by atoms with Crippen LogP contribution < -0.4 is 35.6 Å². The van der Waals surface area contributed by atoms with Crippen molar-refractivity contribution in [1.29, 1.82) is 0 Å². The lowest BCUT2D eigenvalue weighted by Crippen LogP contribution is -2.59. The summed E-state index contributed by atoms with van der Waals surface area (Å²) in [6, 6.07) is 11.1. The van der Waals surface area contributed by atoms with Gasteiger partial charge in [0.05, 0.1) is 57.1 Å². The highest BCUT2D eigenvalue weighted by atomic mass is 19.1. The van der Waals surface area contributed by atoms with Crippen LogP contribution in [-0.2, 0) is 9.53 Å². The molecule has 0 aliphatic carbocycles. The second kappa shape index (κ2) is 15.1. The number of fused-ring (bicyclic) bond motifs is 1. The van der Waals surface area contributed by atoms with Gasteiger partial charge in [0.2, 0.25) is 5.91 Å². The van der Waals surface area contributed by atoms with E-state index in [0.717, 1.165) is 12.1 Å². The molecule has 16 heteroatoms. The summed E-state index contributed by atoms with van der Waals surface area (Å²) in [6.07, 6.45) is -0.741. The molecule has 14 nitrogen and oxygen atoms in total. The van der Waals surface area contributed by atoms with Crippen LogP contribution in [0.2, 0.25) is 0 Å². The molecular formula is C34H37F2N7O7. The average Bonchev–Trinajstić information content (AvgIpc) is 3.12. The van der Waals surface area contributed by atoms with Crippen molar-refractivity contribution in [3.8, 4) is 11.5 Å². The van der Waals surface area contributed by atoms with Crippen LogP contribution in [0.25, 0.3) is 10.9 Å². The molecule has 2 N–H and O–H groups in total. The predicted octanol–water partition coefficient (Wildman–Crippen LogP) is 4.02. The molecule has 0 radical (unpaired) electrons. The molecule has 2 atom stereocenters. The molecule has 5 rings (SSSR count). The Hall–Kier alpha value is -5.93. The molecule has 2 heterocycles. The quantitative estimate of drug-likeness (QED) is 0.265. The Bertz CT molecular complexity index is 1950. The summed E-state index contributed by atoms with van der Waals surface area (Å²) in [4.78, 5) is 60.7. The fourth-order valence-electron chi connectivity index (χ4n) is 5.71. The van der Waals surface area contributed by atoms with E-state index in [4.69, 9.17) is 14.5 Å². The molecule has 1 saturated heterocycles. The van der Waals surface area contributed by atoms with Gasteiger partial charge in [-0.05, 0) is 62.4 Å². The summed E-state index contributed by atoms with van der Waals surface area (Å²) >= 11 is 0. The second-order valence-electron chi connectivity index (χ2n) is 11.4. The zero-order valence-corrected chi connectivity index (χ0v) is 28.1. The number of rotatable bonds is 9. The van der Waals surface area contributed by atoms with Gasteiger partial charge in [-0.15, -0.1) is 0 Å². The first-order chi connectivity index (χ1) is 23.9. The molecule has 4 amide bonds. The van der Waals surface area contributed by atoms with Crippen LogP contribution in [0, 0.1) is 11.6 Å². The Morgan fingerprint density at radius 1 is 0.880 bits per heavy atom. The SMILES string of the molecule is COC(=O)N[C@@H](C)C(=O)N1CCN(n2c(C(C)N(C(=O)Nc3ccc(F)cc3)c3ccc(OC)cc3OC)nc3cc(F)ccc3c2=O)CC1. The highest BCUT2D eigenvalue weighted by Crippen LogP contribution is 2.37. The number of hydrogen-bond donors (Lipinski definition) is 2. The maximum atomic E-state index is 14.5. The first kappa shape index (κ1) is 35.4. The number of nitrogens with zero attached hydrogens (tertiary/aromatic N) is 5. The number of nitrogens with one attached hydrogen (secondary N) is 2. The van der Waals surface area contributed by atoms with Crippen molar-refractivity contribution < 1.29 is 37.4 Å². The summed E-state index contributed by atoms with van der Waals surface area (Å²) < 4.78 is 45.1. The van der Waals surface area contributed by atoms with Crippen LogP contribution in [0.5, 0.6) is 11.5 Å². The van der Waals surface area contributed by atoms with E-state index in [0.29, 0.717) is 11.4 Å². The van der Waals surface area contributed by atoms with Crippen molar-refractivity contribution in [2.24, 2.45) is 0 Å². The lowest BCUT2D eigenvalue weighted by atomic mass is 10.1. The molecule has 0 spiro atoms. The van der Waals surface area contributed by atoms with E-state index in [9.17, 15) is 28.0 Å². The minimum absolute atomic E-state index is 0.0743. The molecule has 3 aromatic carbocycles. The number of piperazine rings is 1. The van der Waals surface area contributed by atoms with Crippen LogP contribution in [0.4, 0.5) is 29.7 Å². The van der Waals surface area contributed by atoms with Crippen LogP contribution in [0.3, 0.4) is 0 Å². The number of carbonyl (C=O) groups is 3. The predicted molar refractivity (Wildman–Crippen MR) is 181 cm³/mol. The van der Waals surface area contributed by atoms with Gasteiger partial charge in [-0.3, -0.25) is 14.5 Å². The van der Waals surface area contributed by atoms with Crippen molar-refractivity contribution in [3.05, 3.63) is 88.5 Å². The van der Waals surface area contributed by atoms with Crippen LogP contribution >= 0.6 is 0 Å². The third-order valence-electron chi connectivity index (χ3n) is 8.30. The second-order valence-corrected chi connectivity index (χ2v) is 11.4. The average molecular weight is 694 g/mol. The van der Waals surface area contributed by atoms with Gasteiger partial charge in [-0.25, -0.2) is 28.0 Å². The Kier molecular flexibility index (Phi) is 10.7. The highest BCUT2D eigenvalue weighted by Gasteiger charge is 2.33. The number of amides is 4. The number of carbonyl (C=O) groups excluding carboxylic acids is 3. The summed E-state index contributed by atoms with van der Waals surface area (Å²) in [7, 11) is 4.11. The fourth-order valence-corrected chi connectivity index (χ4v) is 5.71. The van der Waals surface area contributed by atoms with E-state index in [2.05, 4.69) is 15.4 Å². The molecule has 1 aliphatic rings. The summed E-state index contributed by atoms with van der Waals surface area (Å²) in [5.41, 5.74) is 0.134. The summed E-state index contributed by atoms with van der Waals surface area (Å²) in [5, 5.41) is 7.07. The zero-order chi connectivity index (χ0) is 36.1. The molecule has 264 valence electrons. The van der Waals surface area contributed by atoms with E-state index in [1.165, 1.54) is 61.2 Å². The third-order valence-corrected chi connectivity index (χ3v) is 8.30. The number of urea groups is 1. The summed E-state index contributed by atoms with van der Waals surface area (Å²) in [6.45, 7) is 3.93. The van der Waals surface area contributed by atoms with E-state index in [-0.39, 0.29) is 60.3 Å². The standard InChI is InChI=1S/C34H37F2N7O7/c1-20(37-34(47)50-5)31(44)40-14-16-41(17-15-40)43-30(39-27-18-23(36)8-12-26(27)32(43)45)21(2)42(28-13-11-25(48-3)19-29(28)49-4)33(46)38-24-9-6-22(35)7-10-24/h6-13,18-21H,14-17H2,1-5H3,(H,37,47)(H,38,46)/t20-,21?/m0/s1. The molecular weight excluding hydrogens is 656 g/mol. The number of anilines is 2. The lowest BCUT2D eigenvalue weighted by molar-refractivity contribution is -0.133. The van der Waals surface area contributed by atoms with Crippen molar-refractivity contribution in [2.45, 2.75) is 25.9 Å². The van der Waals surface area contributed by atoms with Crippen molar-refractivity contribution >= 4 is 40.3 Å². The number of alkyl carbamates (subject to hydrolysis) is 1. The maximum Gasteiger partial charge on any atom is 0.407 e. The number of halogens is 2. The van der Waals surface area contributed by atoms with Gasteiger partial charge in [0.1, 0.15) is 29.2 Å². The molecule has 0 saturated carbocycles. The molecule has 1 aromatic heterocycles. The highest BCUT2D eigenvalue weighted by molar-refractivity contribution is 6.03. The van der Waals surface area contributed by atoms with Crippen LogP contribution in [-0.4, -0.2) is 86.1 Å². The molecule has 1 unspecified atom stereocenters. The van der Waals surface area contributed by atoms with Gasteiger partial charge in [0.15, 0.2) is 5.82 Å². The molecule has 1 fully saturated rings. The zero-order valence-electron chi connectivity index (χ0n) is 28.1. The van der Waals surface area contributed by atoms with E-state index >= 15 is 0 Å². The Balaban J connectivity index is 1.59. The Morgan fingerprint density at radius 3 is 2.20 bits per heavy atom. The fraction of sp³-hybridized carbons (Fsp3) is 0.324. The lowest BCUT2D eigenvalue weighted by Gasteiger charge is -2.39. The monoisotopic (exact) mass is 693 g/mol. The minimum Gasteiger partial charge on any atom is -0.497 e. The normalized spacial score (nSPS) is 14.1. The third kappa shape index (κ3) is 7.38. The largest absolute Gasteiger partial charge is 0.497 e. The number of aromatic nitrogens is 2. The van der Waals surface area contributed by atoms with Gasteiger partial charge < -0.3 is 34.8 Å². The van der Waals surface area contributed by atoms with Crippen molar-refractivity contribution in [1.82, 2.24) is 19.9 Å². The van der Waals surface area contributed by atoms with Gasteiger partial charge >= 0.3 is 12.1 Å². The Morgan fingerprint density at radius 2 is 1.56 bits per heavy atom. The minimum atomic E-state index is -1.01. The molecule has 1 aliphatic heterocycles. The van der Waals surface area contributed by atoms with Gasteiger partial charge in [0.25, 0.3) is 5.56 Å². The number of benzene rings is 3. The molecule has 4 aromatic rings. The number of ether oxygens (including phenoxy) is 3. The molecule has 0 bridgehead atoms. The van der Waals surface area contributed by atoms with Crippen LogP contribution in [0.15, 0.2) is 65.5 Å². The van der Waals surface area contributed by atoms with E-state index < -0.39 is 41.4 Å². The topological polar surface area (TPSA) is 148 Å². The Labute approximate surface area is 286 Å². The smallest absolute Gasteiger partial charge is 0.407 e. The van der Waals surface area contributed by atoms with Crippen molar-refractivity contribution in [3.63, 3.8) is 0 Å². The van der Waals surface area contributed by atoms with Crippen LogP contribution in [0.1, 0.15) is 25.7 Å². The van der Waals surface area contributed by atoms with Gasteiger partial charge in [-0.1, -0.05) is 0 Å². The first-order valence-electron chi connectivity index (χ1n) is 15.6. The summed E-state index contributed by atoms with van der Waals surface area (Å²) in [5.74, 6) is -0.633. The first-order valence-corrected chi connectivity index (χ1v) is 15.6. The van der Waals surface area contributed by atoms with Gasteiger partial charge in [0, 0.05) is 30.9 Å². The number of methoxy groups -OCH3 is 3. The van der Waals surface area contributed by atoms with Crippen molar-refractivity contribution in [2.75, 3.05) is 62.7 Å². The van der Waals surface area contributed by atoms with E-state index in [1.54, 1.807) is 42.0 Å². The molecule has 50 heavy (non-hydrogen) atoms. The number of hydrogen-bond acceptors (Lipinski definition) is 9. The van der Waals surface area contributed by atoms with E-state index in [1.807, 2.05) is 0 Å².